The van der Waals surface area contributed by atoms with Gasteiger partial charge in [-0.25, -0.2) is 0 Å². The van der Waals surface area contributed by atoms with Crippen LogP contribution in [0.5, 0.6) is 0 Å². The van der Waals surface area contributed by atoms with Gasteiger partial charge in [-0.05, 0) is 34.8 Å². The average Bonchev–Trinajstić information content (AvgIpc) is 2.84. The van der Waals surface area contributed by atoms with E-state index in [1.807, 2.05) is 11.4 Å². The Morgan fingerprint density at radius 1 is 1.53 bits per heavy atom. The summed E-state index contributed by atoms with van der Waals surface area (Å²) in [7, 11) is 0. The summed E-state index contributed by atoms with van der Waals surface area (Å²) in [5.41, 5.74) is 0. The number of carbonyl (C=O) groups excluding carboxylic acids is 1. The number of carbonyl (C=O) groups is 1. The molecule has 0 spiro atoms. The Morgan fingerprint density at radius 3 is 2.87 bits per heavy atom. The van der Waals surface area contributed by atoms with E-state index in [0.29, 0.717) is 12.6 Å². The average molecular weight is 288 g/mol. The van der Waals surface area contributed by atoms with Gasteiger partial charge < -0.3 is 5.32 Å². The summed E-state index contributed by atoms with van der Waals surface area (Å²) in [5.74, 6) is 0.206. The lowest BCUT2D eigenvalue weighted by atomic mass is 10.2. The van der Waals surface area contributed by atoms with Gasteiger partial charge in [0.05, 0.1) is 11.4 Å². The Bertz CT molecular complexity index is 344. The Kier molecular flexibility index (Phi) is 3.94. The first-order valence-corrected chi connectivity index (χ1v) is 6.93. The Morgan fingerprint density at radius 2 is 2.27 bits per heavy atom. The van der Waals surface area contributed by atoms with E-state index in [9.17, 15) is 4.79 Å². The molecule has 0 unspecified atom stereocenters. The highest BCUT2D eigenvalue weighted by atomic mass is 79.9. The molecule has 0 radical (unpaired) electrons. The smallest absolute Gasteiger partial charge is 0.186 e. The number of ketones is 1. The van der Waals surface area contributed by atoms with Crippen LogP contribution in [0.25, 0.3) is 0 Å². The minimum absolute atomic E-state index is 0.206. The van der Waals surface area contributed by atoms with Gasteiger partial charge in [0, 0.05) is 15.9 Å². The van der Waals surface area contributed by atoms with Crippen LogP contribution in [0.15, 0.2) is 15.9 Å². The quantitative estimate of drug-likeness (QED) is 0.862. The summed E-state index contributed by atoms with van der Waals surface area (Å²) in [6.45, 7) is 0.484. The highest BCUT2D eigenvalue weighted by Gasteiger charge is 2.16. The van der Waals surface area contributed by atoms with Crippen molar-refractivity contribution in [3.8, 4) is 0 Å². The summed E-state index contributed by atoms with van der Waals surface area (Å²) < 4.78 is 0.997. The van der Waals surface area contributed by atoms with Crippen LogP contribution in [-0.4, -0.2) is 18.4 Å². The second kappa shape index (κ2) is 5.23. The molecule has 0 saturated heterocycles. The van der Waals surface area contributed by atoms with Gasteiger partial charge >= 0.3 is 0 Å². The summed E-state index contributed by atoms with van der Waals surface area (Å²) in [6, 6.07) is 2.46. The van der Waals surface area contributed by atoms with Crippen LogP contribution in [0.3, 0.4) is 0 Å². The van der Waals surface area contributed by atoms with Crippen molar-refractivity contribution in [1.82, 2.24) is 5.32 Å². The number of thiophene rings is 1. The van der Waals surface area contributed by atoms with Gasteiger partial charge in [-0.3, -0.25) is 4.79 Å². The van der Waals surface area contributed by atoms with Gasteiger partial charge in [0.15, 0.2) is 5.78 Å². The molecule has 4 heteroatoms. The molecule has 0 bridgehead atoms. The Hall–Kier alpha value is -0.190. The molecule has 0 atom stereocenters. The Labute approximate surface area is 102 Å². The van der Waals surface area contributed by atoms with Crippen LogP contribution in [0.2, 0.25) is 0 Å². The fraction of sp³-hybridized carbons (Fsp3) is 0.545. The number of nitrogens with one attached hydrogen (secondary N) is 1. The minimum Gasteiger partial charge on any atom is -0.307 e. The number of halogens is 1. The van der Waals surface area contributed by atoms with Crippen molar-refractivity contribution in [3.05, 3.63) is 20.8 Å². The maximum atomic E-state index is 11.7. The van der Waals surface area contributed by atoms with Gasteiger partial charge in [-0.2, -0.15) is 0 Å². The Balaban J connectivity index is 1.81. The van der Waals surface area contributed by atoms with Crippen LogP contribution >= 0.6 is 27.3 Å². The molecule has 1 aromatic rings. The van der Waals surface area contributed by atoms with Gasteiger partial charge in [0.2, 0.25) is 0 Å². The molecule has 1 aliphatic carbocycles. The van der Waals surface area contributed by atoms with Crippen LogP contribution < -0.4 is 5.32 Å². The normalized spacial score (nSPS) is 17.1. The van der Waals surface area contributed by atoms with E-state index in [-0.39, 0.29) is 5.78 Å². The third-order valence-corrected chi connectivity index (χ3v) is 4.48. The molecule has 0 aromatic carbocycles. The van der Waals surface area contributed by atoms with E-state index in [0.717, 1.165) is 9.35 Å². The summed E-state index contributed by atoms with van der Waals surface area (Å²) in [5, 5.41) is 5.28. The predicted molar refractivity (Wildman–Crippen MR) is 66.6 cm³/mol. The molecule has 82 valence electrons. The summed E-state index contributed by atoms with van der Waals surface area (Å²) in [6.07, 6.45) is 5.05. The molecular weight excluding hydrogens is 274 g/mol. The van der Waals surface area contributed by atoms with Crippen molar-refractivity contribution in [2.75, 3.05) is 6.54 Å². The van der Waals surface area contributed by atoms with Gasteiger partial charge in [-0.1, -0.05) is 12.8 Å². The van der Waals surface area contributed by atoms with E-state index in [1.54, 1.807) is 0 Å². The lowest BCUT2D eigenvalue weighted by molar-refractivity contribution is 0.0991. The van der Waals surface area contributed by atoms with Gasteiger partial charge in [0.25, 0.3) is 0 Å². The number of Topliss-reactive ketones (excluding diaryl/α,β-unsaturated/α-hetero) is 1. The topological polar surface area (TPSA) is 29.1 Å². The van der Waals surface area contributed by atoms with Crippen LogP contribution in [0.1, 0.15) is 35.4 Å². The second-order valence-electron chi connectivity index (χ2n) is 3.91. The van der Waals surface area contributed by atoms with Gasteiger partial charge in [-0.15, -0.1) is 11.3 Å². The van der Waals surface area contributed by atoms with E-state index in [1.165, 1.54) is 37.0 Å². The lowest BCUT2D eigenvalue weighted by Gasteiger charge is -2.09. The molecule has 1 aliphatic rings. The van der Waals surface area contributed by atoms with Crippen molar-refractivity contribution in [3.63, 3.8) is 0 Å². The first-order valence-electron chi connectivity index (χ1n) is 5.26. The van der Waals surface area contributed by atoms with Crippen LogP contribution in [-0.2, 0) is 0 Å². The number of hydrogen-bond acceptors (Lipinski definition) is 3. The van der Waals surface area contributed by atoms with E-state index in [2.05, 4.69) is 21.2 Å². The molecule has 2 rings (SSSR count). The molecule has 1 aromatic heterocycles. The monoisotopic (exact) mass is 287 g/mol. The van der Waals surface area contributed by atoms with E-state index < -0.39 is 0 Å². The maximum Gasteiger partial charge on any atom is 0.186 e. The zero-order valence-corrected chi connectivity index (χ0v) is 10.9. The molecule has 1 heterocycles. The van der Waals surface area contributed by atoms with Gasteiger partial charge in [0.1, 0.15) is 0 Å². The van der Waals surface area contributed by atoms with Crippen molar-refractivity contribution < 1.29 is 4.79 Å². The lowest BCUT2D eigenvalue weighted by Crippen LogP contribution is -2.31. The molecule has 15 heavy (non-hydrogen) atoms. The van der Waals surface area contributed by atoms with Crippen molar-refractivity contribution >= 4 is 33.0 Å². The standard InChI is InChI=1S/C11H14BrNOS/c12-8-5-11(15-7-8)10(14)6-13-9-3-1-2-4-9/h5,7,9,13H,1-4,6H2. The van der Waals surface area contributed by atoms with E-state index in [4.69, 9.17) is 0 Å². The minimum atomic E-state index is 0.206. The third kappa shape index (κ3) is 3.13. The van der Waals surface area contributed by atoms with E-state index >= 15 is 0 Å². The first-order chi connectivity index (χ1) is 7.25. The fourth-order valence-electron chi connectivity index (χ4n) is 1.91. The number of hydrogen-bond donors (Lipinski definition) is 1. The zero-order chi connectivity index (χ0) is 10.7. The van der Waals surface area contributed by atoms with Crippen molar-refractivity contribution in [2.45, 2.75) is 31.7 Å². The molecule has 1 saturated carbocycles. The summed E-state index contributed by atoms with van der Waals surface area (Å²) in [4.78, 5) is 12.6. The number of rotatable bonds is 4. The SMILES string of the molecule is O=C(CNC1CCCC1)c1cc(Br)cs1. The molecule has 0 amide bonds. The highest BCUT2D eigenvalue weighted by Crippen LogP contribution is 2.21. The molecule has 1 fully saturated rings. The highest BCUT2D eigenvalue weighted by molar-refractivity contribution is 9.10. The van der Waals surface area contributed by atoms with Crippen LogP contribution in [0, 0.1) is 0 Å². The maximum absolute atomic E-state index is 11.7. The molecular formula is C11H14BrNOS. The largest absolute Gasteiger partial charge is 0.307 e. The third-order valence-electron chi connectivity index (χ3n) is 2.75. The predicted octanol–water partition coefficient (Wildman–Crippen LogP) is 3.23. The fourth-order valence-corrected chi connectivity index (χ4v) is 3.28. The van der Waals surface area contributed by atoms with Crippen LogP contribution in [0.4, 0.5) is 0 Å². The summed E-state index contributed by atoms with van der Waals surface area (Å²) >= 11 is 4.86. The molecule has 0 aliphatic heterocycles. The molecule has 1 N–H and O–H groups in total. The van der Waals surface area contributed by atoms with Crippen molar-refractivity contribution in [1.29, 1.82) is 0 Å². The zero-order valence-electron chi connectivity index (χ0n) is 8.46. The van der Waals surface area contributed by atoms with Crippen molar-refractivity contribution in [2.24, 2.45) is 0 Å². The molecule has 2 nitrogen and oxygen atoms in total. The second-order valence-corrected chi connectivity index (χ2v) is 5.74. The first kappa shape index (κ1) is 11.3.